The second-order valence-corrected chi connectivity index (χ2v) is 9.66. The predicted molar refractivity (Wildman–Crippen MR) is 120 cm³/mol. The molecule has 170 valence electrons. The van der Waals surface area contributed by atoms with Gasteiger partial charge in [-0.15, -0.1) is 11.3 Å². The van der Waals surface area contributed by atoms with Crippen molar-refractivity contribution in [1.82, 2.24) is 20.0 Å². The molecule has 6 rings (SSSR count). The van der Waals surface area contributed by atoms with Gasteiger partial charge in [0.25, 0.3) is 0 Å². The monoisotopic (exact) mass is 457 g/mol. The van der Waals surface area contributed by atoms with Gasteiger partial charge in [0.05, 0.1) is 38.0 Å². The molecule has 1 aliphatic carbocycles. The van der Waals surface area contributed by atoms with Crippen molar-refractivity contribution in [3.05, 3.63) is 22.9 Å². The Morgan fingerprint density at radius 2 is 1.94 bits per heavy atom. The van der Waals surface area contributed by atoms with Gasteiger partial charge in [-0.3, -0.25) is 4.90 Å². The van der Waals surface area contributed by atoms with Gasteiger partial charge in [-0.1, -0.05) is 5.16 Å². The Balaban J connectivity index is 1.24. The third-order valence-electron chi connectivity index (χ3n) is 6.60. The lowest BCUT2D eigenvalue weighted by molar-refractivity contribution is -0.00125. The summed E-state index contributed by atoms with van der Waals surface area (Å²) in [6, 6.07) is 0.640. The van der Waals surface area contributed by atoms with E-state index in [0.717, 1.165) is 75.2 Å². The Hall–Kier alpha value is -2.27. The maximum absolute atomic E-state index is 6.58. The summed E-state index contributed by atoms with van der Waals surface area (Å²) in [7, 11) is 0. The molecule has 1 saturated carbocycles. The van der Waals surface area contributed by atoms with Crippen LogP contribution in [-0.2, 0) is 22.5 Å². The smallest absolute Gasteiger partial charge is 0.232 e. The molecule has 3 aliphatic rings. The molecule has 1 N–H and O–H groups in total. The van der Waals surface area contributed by atoms with Crippen molar-refractivity contribution in [3.63, 3.8) is 0 Å². The van der Waals surface area contributed by atoms with Gasteiger partial charge in [0, 0.05) is 24.0 Å². The van der Waals surface area contributed by atoms with E-state index in [2.05, 4.69) is 15.4 Å². The first-order valence-electron chi connectivity index (χ1n) is 11.4. The lowest BCUT2D eigenvalue weighted by atomic mass is 9.91. The van der Waals surface area contributed by atoms with Crippen molar-refractivity contribution in [2.45, 2.75) is 50.9 Å². The zero-order valence-corrected chi connectivity index (χ0v) is 18.7. The third kappa shape index (κ3) is 4.07. The fraction of sp³-hybridized carbons (Fsp3) is 0.591. The summed E-state index contributed by atoms with van der Waals surface area (Å²) < 4.78 is 22.7. The number of nitrogens with one attached hydrogen (secondary N) is 1. The number of ether oxygens (including phenoxy) is 3. The molecule has 3 aromatic rings. The Labute approximate surface area is 190 Å². The van der Waals surface area contributed by atoms with Crippen LogP contribution in [0, 0.1) is 0 Å². The molecule has 0 atom stereocenters. The zero-order chi connectivity index (χ0) is 21.3. The number of thiophene rings is 1. The van der Waals surface area contributed by atoms with Crippen molar-refractivity contribution in [3.8, 4) is 5.88 Å². The van der Waals surface area contributed by atoms with E-state index < -0.39 is 0 Å². The third-order valence-corrected chi connectivity index (χ3v) is 7.70. The van der Waals surface area contributed by atoms with Gasteiger partial charge in [0.15, 0.2) is 0 Å². The molecular weight excluding hydrogens is 430 g/mol. The molecule has 0 radical (unpaired) electrons. The van der Waals surface area contributed by atoms with Crippen LogP contribution in [-0.4, -0.2) is 65.1 Å². The number of hydrogen-bond donors (Lipinski definition) is 1. The highest BCUT2D eigenvalue weighted by atomic mass is 32.1. The maximum atomic E-state index is 6.58. The van der Waals surface area contributed by atoms with E-state index in [1.54, 1.807) is 17.5 Å². The normalized spacial score (nSPS) is 24.4. The molecule has 2 fully saturated rings. The summed E-state index contributed by atoms with van der Waals surface area (Å²) in [6.07, 6.45) is 8.57. The van der Waals surface area contributed by atoms with Crippen LogP contribution in [0.25, 0.3) is 10.2 Å². The second-order valence-electron chi connectivity index (χ2n) is 8.57. The number of rotatable bonds is 5. The Morgan fingerprint density at radius 3 is 2.75 bits per heavy atom. The quantitative estimate of drug-likeness (QED) is 0.617. The molecule has 0 spiro atoms. The molecule has 0 bridgehead atoms. The van der Waals surface area contributed by atoms with Gasteiger partial charge in [-0.2, -0.15) is 4.98 Å². The summed E-state index contributed by atoms with van der Waals surface area (Å²) in [5.41, 5.74) is 2.00. The lowest BCUT2D eigenvalue weighted by Crippen LogP contribution is -2.46. The number of aromatic nitrogens is 3. The molecule has 1 saturated heterocycles. The Kier molecular flexibility index (Phi) is 5.68. The molecule has 10 heteroatoms. The fourth-order valence-corrected chi connectivity index (χ4v) is 6.10. The van der Waals surface area contributed by atoms with Crippen LogP contribution in [0.3, 0.4) is 0 Å². The van der Waals surface area contributed by atoms with E-state index in [1.807, 2.05) is 0 Å². The standard InChI is InChI=1S/C22H27N5O4S/c1-3-16(4-2-15(1)27-6-9-28-10-7-27)31-20-19-17-5-8-29-13-18(17)32-21(19)26-22(25-20)24-14-11-23-30-12-14/h11-12,15-16H,1-10,13H2,(H,24,25,26). The van der Waals surface area contributed by atoms with Crippen molar-refractivity contribution in [1.29, 1.82) is 0 Å². The molecule has 0 unspecified atom stereocenters. The molecular formula is C22H27N5O4S. The van der Waals surface area contributed by atoms with Crippen molar-refractivity contribution >= 4 is 33.2 Å². The molecule has 0 amide bonds. The molecule has 2 aliphatic heterocycles. The summed E-state index contributed by atoms with van der Waals surface area (Å²) in [6.45, 7) is 5.15. The highest BCUT2D eigenvalue weighted by Crippen LogP contribution is 2.40. The van der Waals surface area contributed by atoms with Gasteiger partial charge in [0.1, 0.15) is 22.9 Å². The van der Waals surface area contributed by atoms with E-state index in [1.165, 1.54) is 16.7 Å². The van der Waals surface area contributed by atoms with E-state index in [-0.39, 0.29) is 6.10 Å². The molecule has 9 nitrogen and oxygen atoms in total. The van der Waals surface area contributed by atoms with Crippen LogP contribution in [0.5, 0.6) is 5.88 Å². The molecule has 3 aromatic heterocycles. The van der Waals surface area contributed by atoms with Crippen LogP contribution in [0.4, 0.5) is 11.6 Å². The summed E-state index contributed by atoms with van der Waals surface area (Å²) >= 11 is 1.67. The Morgan fingerprint density at radius 1 is 1.06 bits per heavy atom. The van der Waals surface area contributed by atoms with Crippen LogP contribution in [0.1, 0.15) is 36.1 Å². The van der Waals surface area contributed by atoms with Gasteiger partial charge in [-0.25, -0.2) is 4.98 Å². The fourth-order valence-electron chi connectivity index (χ4n) is 4.96. The molecule has 5 heterocycles. The number of morpholine rings is 1. The first-order chi connectivity index (χ1) is 15.8. The summed E-state index contributed by atoms with van der Waals surface area (Å²) in [4.78, 5) is 14.3. The number of anilines is 2. The van der Waals surface area contributed by atoms with E-state index >= 15 is 0 Å². The first-order valence-corrected chi connectivity index (χ1v) is 12.2. The van der Waals surface area contributed by atoms with E-state index in [4.69, 9.17) is 28.7 Å². The molecule has 0 aromatic carbocycles. The topological polar surface area (TPSA) is 94.8 Å². The van der Waals surface area contributed by atoms with Crippen molar-refractivity contribution in [2.75, 3.05) is 38.2 Å². The first kappa shape index (κ1) is 20.3. The van der Waals surface area contributed by atoms with Crippen molar-refractivity contribution in [2.24, 2.45) is 0 Å². The maximum Gasteiger partial charge on any atom is 0.232 e. The number of fused-ring (bicyclic) bond motifs is 3. The van der Waals surface area contributed by atoms with Crippen LogP contribution < -0.4 is 10.1 Å². The SMILES string of the molecule is c1nocc1Nc1nc(OC2CCC(N3CCOCC3)CC2)c2c3c(sc2n1)COCC3. The van der Waals surface area contributed by atoms with E-state index in [9.17, 15) is 0 Å². The van der Waals surface area contributed by atoms with Gasteiger partial charge in [-0.05, 0) is 37.7 Å². The minimum Gasteiger partial charge on any atom is -0.474 e. The minimum atomic E-state index is 0.171. The van der Waals surface area contributed by atoms with Crippen molar-refractivity contribution < 1.29 is 18.7 Å². The summed E-state index contributed by atoms with van der Waals surface area (Å²) in [5, 5.41) is 7.98. The molecule has 32 heavy (non-hydrogen) atoms. The highest BCUT2D eigenvalue weighted by molar-refractivity contribution is 7.18. The minimum absolute atomic E-state index is 0.171. The van der Waals surface area contributed by atoms with Gasteiger partial charge in [0.2, 0.25) is 11.8 Å². The van der Waals surface area contributed by atoms with Gasteiger partial charge < -0.3 is 24.1 Å². The number of hydrogen-bond acceptors (Lipinski definition) is 10. The lowest BCUT2D eigenvalue weighted by Gasteiger charge is -2.38. The zero-order valence-electron chi connectivity index (χ0n) is 17.9. The average molecular weight is 458 g/mol. The van der Waals surface area contributed by atoms with Crippen LogP contribution in [0.15, 0.2) is 17.0 Å². The van der Waals surface area contributed by atoms with Gasteiger partial charge >= 0.3 is 0 Å². The van der Waals surface area contributed by atoms with Crippen LogP contribution in [0.2, 0.25) is 0 Å². The number of nitrogens with zero attached hydrogens (tertiary/aromatic N) is 4. The largest absolute Gasteiger partial charge is 0.474 e. The summed E-state index contributed by atoms with van der Waals surface area (Å²) in [5.74, 6) is 1.18. The van der Waals surface area contributed by atoms with E-state index in [0.29, 0.717) is 30.2 Å². The second kappa shape index (κ2) is 8.93. The Bertz CT molecular complexity index is 1060. The average Bonchev–Trinajstić information content (AvgIpc) is 3.47. The predicted octanol–water partition coefficient (Wildman–Crippen LogP) is 3.52. The highest BCUT2D eigenvalue weighted by Gasteiger charge is 2.30. The van der Waals surface area contributed by atoms with Crippen LogP contribution >= 0.6 is 11.3 Å².